The van der Waals surface area contributed by atoms with E-state index in [-0.39, 0.29) is 5.56 Å². The predicted octanol–water partition coefficient (Wildman–Crippen LogP) is 3.20. The van der Waals surface area contributed by atoms with Gasteiger partial charge in [-0.25, -0.2) is 4.98 Å². The standard InChI is InChI=1S/C18H18N2O/c1-2-17-19-16-11-7-6-10-15(16)18(21)20(17)13-12-14-8-4-3-5-9-14/h3-11H,2,12-13H2,1H3. The summed E-state index contributed by atoms with van der Waals surface area (Å²) in [5.41, 5.74) is 2.09. The van der Waals surface area contributed by atoms with Gasteiger partial charge < -0.3 is 0 Å². The molecule has 0 atom stereocenters. The van der Waals surface area contributed by atoms with Crippen LogP contribution in [0.5, 0.6) is 0 Å². The second kappa shape index (κ2) is 5.92. The summed E-state index contributed by atoms with van der Waals surface area (Å²) in [6.07, 6.45) is 1.60. The molecular weight excluding hydrogens is 260 g/mol. The highest BCUT2D eigenvalue weighted by molar-refractivity contribution is 5.77. The van der Waals surface area contributed by atoms with Gasteiger partial charge in [0.05, 0.1) is 10.9 Å². The van der Waals surface area contributed by atoms with E-state index in [0.717, 1.165) is 24.2 Å². The zero-order valence-electron chi connectivity index (χ0n) is 12.1. The van der Waals surface area contributed by atoms with Crippen LogP contribution in [0.2, 0.25) is 0 Å². The van der Waals surface area contributed by atoms with Crippen molar-refractivity contribution in [2.75, 3.05) is 0 Å². The van der Waals surface area contributed by atoms with Gasteiger partial charge in [0.15, 0.2) is 0 Å². The summed E-state index contributed by atoms with van der Waals surface area (Å²) in [5.74, 6) is 0.856. The van der Waals surface area contributed by atoms with Crippen molar-refractivity contribution in [3.8, 4) is 0 Å². The van der Waals surface area contributed by atoms with E-state index in [0.29, 0.717) is 11.9 Å². The molecule has 106 valence electrons. The molecule has 3 aromatic rings. The van der Waals surface area contributed by atoms with Crippen LogP contribution in [0.4, 0.5) is 0 Å². The molecule has 0 bridgehead atoms. The third kappa shape index (κ3) is 2.72. The molecule has 0 radical (unpaired) electrons. The van der Waals surface area contributed by atoms with Crippen LogP contribution in [0.25, 0.3) is 10.9 Å². The molecule has 0 aliphatic carbocycles. The van der Waals surface area contributed by atoms with Crippen LogP contribution in [0.15, 0.2) is 59.4 Å². The van der Waals surface area contributed by atoms with Crippen LogP contribution in [0, 0.1) is 0 Å². The van der Waals surface area contributed by atoms with Crippen molar-refractivity contribution in [2.45, 2.75) is 26.3 Å². The van der Waals surface area contributed by atoms with Gasteiger partial charge in [0.2, 0.25) is 0 Å². The minimum atomic E-state index is 0.0633. The molecule has 1 aromatic heterocycles. The van der Waals surface area contributed by atoms with E-state index in [9.17, 15) is 4.79 Å². The summed E-state index contributed by atoms with van der Waals surface area (Å²) < 4.78 is 1.81. The second-order valence-electron chi connectivity index (χ2n) is 5.09. The van der Waals surface area contributed by atoms with Crippen molar-refractivity contribution in [2.24, 2.45) is 0 Å². The first-order valence-electron chi connectivity index (χ1n) is 7.32. The van der Waals surface area contributed by atoms with Gasteiger partial charge in [-0.2, -0.15) is 0 Å². The van der Waals surface area contributed by atoms with Crippen LogP contribution in [0.1, 0.15) is 18.3 Å². The van der Waals surface area contributed by atoms with Crippen molar-refractivity contribution in [1.82, 2.24) is 9.55 Å². The monoisotopic (exact) mass is 278 g/mol. The largest absolute Gasteiger partial charge is 0.296 e. The SMILES string of the molecule is CCc1nc2ccccc2c(=O)n1CCc1ccccc1. The summed E-state index contributed by atoms with van der Waals surface area (Å²) in [4.78, 5) is 17.3. The third-order valence-electron chi connectivity index (χ3n) is 3.72. The highest BCUT2D eigenvalue weighted by Crippen LogP contribution is 2.09. The smallest absolute Gasteiger partial charge is 0.261 e. The molecule has 0 aliphatic rings. The molecule has 0 N–H and O–H groups in total. The summed E-state index contributed by atoms with van der Waals surface area (Å²) in [6.45, 7) is 2.71. The van der Waals surface area contributed by atoms with Gasteiger partial charge in [-0.1, -0.05) is 49.4 Å². The van der Waals surface area contributed by atoms with Crippen LogP contribution in [0.3, 0.4) is 0 Å². The van der Waals surface area contributed by atoms with Crippen molar-refractivity contribution >= 4 is 10.9 Å². The number of hydrogen-bond acceptors (Lipinski definition) is 2. The highest BCUT2D eigenvalue weighted by atomic mass is 16.1. The summed E-state index contributed by atoms with van der Waals surface area (Å²) in [6, 6.07) is 17.8. The Hall–Kier alpha value is -2.42. The maximum absolute atomic E-state index is 12.7. The average Bonchev–Trinajstić information content (AvgIpc) is 2.55. The molecule has 0 saturated carbocycles. The van der Waals surface area contributed by atoms with Crippen molar-refractivity contribution < 1.29 is 0 Å². The van der Waals surface area contributed by atoms with Crippen molar-refractivity contribution in [3.05, 3.63) is 76.3 Å². The quantitative estimate of drug-likeness (QED) is 0.734. The minimum Gasteiger partial charge on any atom is -0.296 e. The number of aromatic nitrogens is 2. The van der Waals surface area contributed by atoms with Crippen LogP contribution >= 0.6 is 0 Å². The van der Waals surface area contributed by atoms with E-state index in [4.69, 9.17) is 0 Å². The van der Waals surface area contributed by atoms with Crippen LogP contribution < -0.4 is 5.56 Å². The predicted molar refractivity (Wildman–Crippen MR) is 85.5 cm³/mol. The minimum absolute atomic E-state index is 0.0633. The lowest BCUT2D eigenvalue weighted by Crippen LogP contribution is -2.26. The van der Waals surface area contributed by atoms with Gasteiger partial charge >= 0.3 is 0 Å². The third-order valence-corrected chi connectivity index (χ3v) is 3.72. The zero-order valence-corrected chi connectivity index (χ0v) is 12.1. The molecule has 3 rings (SSSR count). The first-order chi connectivity index (χ1) is 10.3. The van der Waals surface area contributed by atoms with Gasteiger partial charge in [-0.05, 0) is 24.1 Å². The molecule has 0 spiro atoms. The molecule has 0 amide bonds. The number of hydrogen-bond donors (Lipinski definition) is 0. The topological polar surface area (TPSA) is 34.9 Å². The van der Waals surface area contributed by atoms with Gasteiger partial charge in [0.25, 0.3) is 5.56 Å². The lowest BCUT2D eigenvalue weighted by Gasteiger charge is -2.12. The molecule has 0 aliphatic heterocycles. The second-order valence-corrected chi connectivity index (χ2v) is 5.09. The van der Waals surface area contributed by atoms with E-state index in [1.165, 1.54) is 5.56 Å². The number of fused-ring (bicyclic) bond motifs is 1. The number of para-hydroxylation sites is 1. The Morgan fingerprint density at radius 3 is 2.48 bits per heavy atom. The Kier molecular flexibility index (Phi) is 3.82. The van der Waals surface area contributed by atoms with E-state index in [1.807, 2.05) is 54.0 Å². The molecule has 3 heteroatoms. The van der Waals surface area contributed by atoms with Crippen LogP contribution in [-0.2, 0) is 19.4 Å². The Morgan fingerprint density at radius 2 is 1.71 bits per heavy atom. The average molecular weight is 278 g/mol. The molecular formula is C18H18N2O. The Bertz CT molecular complexity index is 806. The van der Waals surface area contributed by atoms with E-state index >= 15 is 0 Å². The number of rotatable bonds is 4. The molecule has 0 unspecified atom stereocenters. The molecule has 0 saturated heterocycles. The molecule has 3 nitrogen and oxygen atoms in total. The highest BCUT2D eigenvalue weighted by Gasteiger charge is 2.09. The summed E-state index contributed by atoms with van der Waals surface area (Å²) in [7, 11) is 0. The van der Waals surface area contributed by atoms with E-state index in [2.05, 4.69) is 17.1 Å². The maximum Gasteiger partial charge on any atom is 0.261 e. The molecule has 21 heavy (non-hydrogen) atoms. The normalized spacial score (nSPS) is 10.9. The van der Waals surface area contributed by atoms with Gasteiger partial charge in [0.1, 0.15) is 5.82 Å². The van der Waals surface area contributed by atoms with E-state index in [1.54, 1.807) is 0 Å². The fraction of sp³-hybridized carbons (Fsp3) is 0.222. The summed E-state index contributed by atoms with van der Waals surface area (Å²) in [5, 5.41) is 0.697. The van der Waals surface area contributed by atoms with Crippen LogP contribution in [-0.4, -0.2) is 9.55 Å². The van der Waals surface area contributed by atoms with Gasteiger partial charge in [-0.3, -0.25) is 9.36 Å². The summed E-state index contributed by atoms with van der Waals surface area (Å²) >= 11 is 0. The lowest BCUT2D eigenvalue weighted by molar-refractivity contribution is 0.621. The van der Waals surface area contributed by atoms with Gasteiger partial charge in [-0.15, -0.1) is 0 Å². The Balaban J connectivity index is 2.01. The maximum atomic E-state index is 12.7. The zero-order chi connectivity index (χ0) is 14.7. The first-order valence-corrected chi connectivity index (χ1v) is 7.32. The number of aryl methyl sites for hydroxylation is 2. The number of benzene rings is 2. The van der Waals surface area contributed by atoms with Crippen molar-refractivity contribution in [1.29, 1.82) is 0 Å². The number of nitrogens with zero attached hydrogens (tertiary/aromatic N) is 2. The molecule has 1 heterocycles. The molecule has 2 aromatic carbocycles. The first kappa shape index (κ1) is 13.6. The van der Waals surface area contributed by atoms with Gasteiger partial charge in [0, 0.05) is 13.0 Å². The lowest BCUT2D eigenvalue weighted by atomic mass is 10.1. The fourth-order valence-corrected chi connectivity index (χ4v) is 2.60. The molecule has 0 fully saturated rings. The van der Waals surface area contributed by atoms with Crippen molar-refractivity contribution in [3.63, 3.8) is 0 Å². The van der Waals surface area contributed by atoms with E-state index < -0.39 is 0 Å². The Labute approximate surface area is 123 Å². The fourth-order valence-electron chi connectivity index (χ4n) is 2.60. The Morgan fingerprint density at radius 1 is 1.00 bits per heavy atom.